The zero-order valence-electron chi connectivity index (χ0n) is 27.0. The topological polar surface area (TPSA) is 21.1 Å². The summed E-state index contributed by atoms with van der Waals surface area (Å²) >= 11 is 0. The Balaban J connectivity index is 1.14. The van der Waals surface area contributed by atoms with Gasteiger partial charge in [0.1, 0.15) is 5.82 Å². The molecule has 0 radical (unpaired) electrons. The Bertz CT molecular complexity index is 2720. The van der Waals surface area contributed by atoms with Crippen molar-refractivity contribution in [3.63, 3.8) is 0 Å². The van der Waals surface area contributed by atoms with Crippen molar-refractivity contribution in [1.82, 2.24) is 9.55 Å². The summed E-state index contributed by atoms with van der Waals surface area (Å²) in [5, 5.41) is 4.95. The molecule has 49 heavy (non-hydrogen) atoms. The summed E-state index contributed by atoms with van der Waals surface area (Å²) in [4.78, 5) is 7.54. The summed E-state index contributed by atoms with van der Waals surface area (Å²) in [6.45, 7) is 2.18. The molecule has 7 aromatic carbocycles. The van der Waals surface area contributed by atoms with Gasteiger partial charge in [0.2, 0.25) is 0 Å². The van der Waals surface area contributed by atoms with Crippen molar-refractivity contribution in [2.24, 2.45) is 0 Å². The fourth-order valence-electron chi connectivity index (χ4n) is 7.85. The zero-order valence-corrected chi connectivity index (χ0v) is 27.0. The molecule has 3 nitrogen and oxygen atoms in total. The second kappa shape index (κ2) is 10.8. The zero-order chi connectivity index (χ0) is 32.5. The largest absolute Gasteiger partial charge is 0.309 e. The number of aryl methyl sites for hydroxylation is 1. The lowest BCUT2D eigenvalue weighted by Crippen LogP contribution is -2.14. The third kappa shape index (κ3) is 4.19. The van der Waals surface area contributed by atoms with Crippen LogP contribution in [0.1, 0.15) is 5.56 Å². The molecule has 2 aromatic heterocycles. The van der Waals surface area contributed by atoms with Crippen LogP contribution in [0, 0.1) is 6.92 Å². The lowest BCUT2D eigenvalue weighted by atomic mass is 10.0. The van der Waals surface area contributed by atoms with Gasteiger partial charge in [0, 0.05) is 44.7 Å². The van der Waals surface area contributed by atoms with E-state index in [0.29, 0.717) is 0 Å². The Labute approximate surface area is 285 Å². The van der Waals surface area contributed by atoms with E-state index in [1.54, 1.807) is 0 Å². The van der Waals surface area contributed by atoms with Crippen LogP contribution in [0.15, 0.2) is 170 Å². The first-order valence-corrected chi connectivity index (χ1v) is 16.8. The van der Waals surface area contributed by atoms with Gasteiger partial charge in [-0.25, -0.2) is 4.98 Å². The molecule has 9 aromatic rings. The van der Waals surface area contributed by atoms with E-state index in [1.807, 2.05) is 6.20 Å². The Hall–Kier alpha value is -6.45. The minimum absolute atomic E-state index is 0.945. The maximum absolute atomic E-state index is 5.20. The second-order valence-corrected chi connectivity index (χ2v) is 12.9. The number of nitrogens with zero attached hydrogens (tertiary/aromatic N) is 3. The van der Waals surface area contributed by atoms with Gasteiger partial charge in [-0.05, 0) is 82.8 Å². The van der Waals surface area contributed by atoms with Crippen LogP contribution in [0.4, 0.5) is 17.2 Å². The quantitative estimate of drug-likeness (QED) is 0.190. The second-order valence-electron chi connectivity index (χ2n) is 12.9. The van der Waals surface area contributed by atoms with Crippen molar-refractivity contribution < 1.29 is 0 Å². The van der Waals surface area contributed by atoms with Crippen LogP contribution in [0.25, 0.3) is 71.6 Å². The standard InChI is InChI=1S/C46H31N3/c1-30-12-5-9-20-41(30)49(46-45-40-18-7-6-16-36(40)39-19-11-13-33(29-47-46)44(39)45)35-25-22-31(23-26-35)32-24-27-38-37-17-8-10-21-42(37)48(43(38)28-32)34-14-3-2-4-15-34/h2-29H,1H3. The van der Waals surface area contributed by atoms with Crippen LogP contribution in [-0.4, -0.2) is 9.55 Å². The molecule has 0 fully saturated rings. The molecule has 10 rings (SSSR count). The van der Waals surface area contributed by atoms with Crippen LogP contribution in [-0.2, 0) is 0 Å². The van der Waals surface area contributed by atoms with E-state index in [9.17, 15) is 0 Å². The van der Waals surface area contributed by atoms with Gasteiger partial charge in [-0.1, -0.05) is 121 Å². The van der Waals surface area contributed by atoms with Crippen molar-refractivity contribution in [2.45, 2.75) is 6.92 Å². The molecule has 0 unspecified atom stereocenters. The van der Waals surface area contributed by atoms with Crippen LogP contribution in [0.3, 0.4) is 0 Å². The predicted octanol–water partition coefficient (Wildman–Crippen LogP) is 12.4. The number of pyridine rings is 1. The highest BCUT2D eigenvalue weighted by atomic mass is 15.2. The number of para-hydroxylation sites is 3. The van der Waals surface area contributed by atoms with Crippen LogP contribution >= 0.6 is 0 Å². The van der Waals surface area contributed by atoms with E-state index in [1.165, 1.54) is 66.1 Å². The van der Waals surface area contributed by atoms with E-state index < -0.39 is 0 Å². The van der Waals surface area contributed by atoms with Crippen molar-refractivity contribution in [3.05, 3.63) is 176 Å². The molecular weight excluding hydrogens is 595 g/mol. The molecule has 2 heterocycles. The number of fused-ring (bicyclic) bond motifs is 6. The molecule has 0 saturated heterocycles. The van der Waals surface area contributed by atoms with Gasteiger partial charge >= 0.3 is 0 Å². The highest BCUT2D eigenvalue weighted by molar-refractivity contribution is 6.18. The predicted molar refractivity (Wildman–Crippen MR) is 205 cm³/mol. The van der Waals surface area contributed by atoms with E-state index in [2.05, 4.69) is 180 Å². The van der Waals surface area contributed by atoms with Gasteiger partial charge < -0.3 is 4.57 Å². The molecule has 0 saturated carbocycles. The van der Waals surface area contributed by atoms with Gasteiger partial charge in [0.15, 0.2) is 0 Å². The highest BCUT2D eigenvalue weighted by Crippen LogP contribution is 2.52. The fourth-order valence-corrected chi connectivity index (χ4v) is 7.85. The summed E-state index contributed by atoms with van der Waals surface area (Å²) in [5.74, 6) is 0.945. The monoisotopic (exact) mass is 625 g/mol. The first kappa shape index (κ1) is 27.6. The highest BCUT2D eigenvalue weighted by Gasteiger charge is 2.28. The van der Waals surface area contributed by atoms with Crippen LogP contribution in [0.2, 0.25) is 0 Å². The SMILES string of the molecule is Cc1ccccc1N(c1ccc(-c2ccc3c4ccccc4n(-c4ccccc4)c3c2)cc1)c1ncc2cccc3c2c1-c1ccccc1-3. The molecule has 3 heteroatoms. The van der Waals surface area contributed by atoms with Gasteiger partial charge in [-0.15, -0.1) is 0 Å². The van der Waals surface area contributed by atoms with Crippen molar-refractivity contribution in [2.75, 3.05) is 4.90 Å². The molecule has 1 aliphatic rings. The van der Waals surface area contributed by atoms with Gasteiger partial charge in [0.25, 0.3) is 0 Å². The van der Waals surface area contributed by atoms with Gasteiger partial charge in [0.05, 0.1) is 16.7 Å². The fraction of sp³-hybridized carbons (Fsp3) is 0.0217. The van der Waals surface area contributed by atoms with Gasteiger partial charge in [-0.2, -0.15) is 0 Å². The van der Waals surface area contributed by atoms with Crippen molar-refractivity contribution in [3.8, 4) is 39.1 Å². The minimum atomic E-state index is 0.945. The Kier molecular flexibility index (Phi) is 6.09. The van der Waals surface area contributed by atoms with Crippen molar-refractivity contribution in [1.29, 1.82) is 0 Å². The van der Waals surface area contributed by atoms with E-state index in [0.717, 1.165) is 28.3 Å². The van der Waals surface area contributed by atoms with E-state index in [4.69, 9.17) is 4.98 Å². The molecule has 0 N–H and O–H groups in total. The summed E-state index contributed by atoms with van der Waals surface area (Å²) in [6.07, 6.45) is 2.03. The molecule has 1 aliphatic carbocycles. The summed E-state index contributed by atoms with van der Waals surface area (Å²) in [6, 6.07) is 59.0. The molecule has 0 amide bonds. The Morgan fingerprint density at radius 2 is 1.22 bits per heavy atom. The minimum Gasteiger partial charge on any atom is -0.309 e. The average Bonchev–Trinajstić information content (AvgIpc) is 3.68. The summed E-state index contributed by atoms with van der Waals surface area (Å²) in [5.41, 5.74) is 14.3. The number of aromatic nitrogens is 2. The molecule has 230 valence electrons. The first-order chi connectivity index (χ1) is 24.2. The summed E-state index contributed by atoms with van der Waals surface area (Å²) in [7, 11) is 0. The number of anilines is 3. The first-order valence-electron chi connectivity index (χ1n) is 16.8. The van der Waals surface area contributed by atoms with Crippen molar-refractivity contribution >= 4 is 49.8 Å². The van der Waals surface area contributed by atoms with Gasteiger partial charge in [-0.3, -0.25) is 4.90 Å². The number of hydrogen-bond acceptors (Lipinski definition) is 2. The maximum atomic E-state index is 5.20. The molecule has 0 spiro atoms. The summed E-state index contributed by atoms with van der Waals surface area (Å²) < 4.78 is 2.38. The Morgan fingerprint density at radius 1 is 0.531 bits per heavy atom. The average molecular weight is 626 g/mol. The number of benzene rings is 7. The number of rotatable bonds is 5. The molecular formula is C46H31N3. The third-order valence-corrected chi connectivity index (χ3v) is 10.1. The lowest BCUT2D eigenvalue weighted by Gasteiger charge is -2.28. The van der Waals surface area contributed by atoms with Crippen LogP contribution < -0.4 is 4.90 Å². The van der Waals surface area contributed by atoms with E-state index >= 15 is 0 Å². The molecule has 0 atom stereocenters. The molecule has 0 bridgehead atoms. The Morgan fingerprint density at radius 3 is 2.08 bits per heavy atom. The van der Waals surface area contributed by atoms with Crippen LogP contribution in [0.5, 0.6) is 0 Å². The third-order valence-electron chi connectivity index (χ3n) is 10.1. The maximum Gasteiger partial charge on any atom is 0.146 e. The number of hydrogen-bond donors (Lipinski definition) is 0. The lowest BCUT2D eigenvalue weighted by molar-refractivity contribution is 1.18. The normalized spacial score (nSPS) is 11.8. The van der Waals surface area contributed by atoms with E-state index in [-0.39, 0.29) is 0 Å². The molecule has 0 aliphatic heterocycles. The smallest absolute Gasteiger partial charge is 0.146 e.